The zero-order valence-corrected chi connectivity index (χ0v) is 13.0. The fraction of sp³-hybridized carbons (Fsp3) is 0.867. The Morgan fingerprint density at radius 2 is 1.60 bits per heavy atom. The standard InChI is InChI=1S/C15H28N2O3/c1-4-7-16-8-10-17(11-9-16)13(18)12-15(5-2,6-3)14(19)20/h4-12H2,1-3H3,(H,19,20). The Kier molecular flexibility index (Phi) is 6.46. The quantitative estimate of drug-likeness (QED) is 0.774. The zero-order valence-electron chi connectivity index (χ0n) is 13.0. The van der Waals surface area contributed by atoms with Gasteiger partial charge in [-0.15, -0.1) is 0 Å². The molecule has 5 heteroatoms. The number of rotatable bonds is 7. The number of hydrogen-bond donors (Lipinski definition) is 1. The second-order valence-corrected chi connectivity index (χ2v) is 5.69. The van der Waals surface area contributed by atoms with Crippen molar-refractivity contribution < 1.29 is 14.7 Å². The molecule has 0 bridgehead atoms. The minimum absolute atomic E-state index is 0.00718. The molecule has 0 aromatic heterocycles. The van der Waals surface area contributed by atoms with Crippen molar-refractivity contribution in [3.05, 3.63) is 0 Å². The first-order valence-corrected chi connectivity index (χ1v) is 7.72. The Morgan fingerprint density at radius 1 is 1.05 bits per heavy atom. The smallest absolute Gasteiger partial charge is 0.310 e. The van der Waals surface area contributed by atoms with E-state index in [1.165, 1.54) is 0 Å². The molecule has 1 rings (SSSR count). The number of nitrogens with zero attached hydrogens (tertiary/aromatic N) is 2. The lowest BCUT2D eigenvalue weighted by Gasteiger charge is -2.36. The van der Waals surface area contributed by atoms with Crippen molar-refractivity contribution >= 4 is 11.9 Å². The van der Waals surface area contributed by atoms with Gasteiger partial charge in [-0.3, -0.25) is 14.5 Å². The first-order chi connectivity index (χ1) is 9.49. The lowest BCUT2D eigenvalue weighted by atomic mass is 9.79. The third-order valence-electron chi connectivity index (χ3n) is 4.56. The molecule has 116 valence electrons. The van der Waals surface area contributed by atoms with Gasteiger partial charge in [-0.25, -0.2) is 0 Å². The molecule has 0 aromatic carbocycles. The molecular formula is C15H28N2O3. The molecule has 1 amide bonds. The first kappa shape index (κ1) is 17.0. The van der Waals surface area contributed by atoms with E-state index in [0.29, 0.717) is 12.8 Å². The maximum absolute atomic E-state index is 12.3. The summed E-state index contributed by atoms with van der Waals surface area (Å²) in [5.41, 5.74) is -0.891. The Morgan fingerprint density at radius 3 is 2.00 bits per heavy atom. The number of piperazine rings is 1. The van der Waals surface area contributed by atoms with E-state index in [0.717, 1.165) is 39.1 Å². The number of carbonyl (C=O) groups is 2. The summed E-state index contributed by atoms with van der Waals surface area (Å²) in [5.74, 6) is -0.854. The SMILES string of the molecule is CCCN1CCN(C(=O)CC(CC)(CC)C(=O)O)CC1. The number of carboxylic acid groups (broad SMARTS) is 1. The van der Waals surface area contributed by atoms with Gasteiger partial charge in [0.2, 0.25) is 5.91 Å². The number of hydrogen-bond acceptors (Lipinski definition) is 3. The highest BCUT2D eigenvalue weighted by Gasteiger charge is 2.38. The minimum Gasteiger partial charge on any atom is -0.481 e. The average molecular weight is 284 g/mol. The van der Waals surface area contributed by atoms with Crippen LogP contribution in [0.15, 0.2) is 0 Å². The first-order valence-electron chi connectivity index (χ1n) is 7.72. The second kappa shape index (κ2) is 7.62. The van der Waals surface area contributed by atoms with Crippen molar-refractivity contribution in [3.8, 4) is 0 Å². The van der Waals surface area contributed by atoms with Gasteiger partial charge in [0.05, 0.1) is 5.41 Å². The van der Waals surface area contributed by atoms with E-state index >= 15 is 0 Å². The Balaban J connectivity index is 2.57. The molecule has 1 aliphatic rings. The van der Waals surface area contributed by atoms with Gasteiger partial charge in [-0.2, -0.15) is 0 Å². The van der Waals surface area contributed by atoms with Crippen LogP contribution in [0.2, 0.25) is 0 Å². The van der Waals surface area contributed by atoms with Crippen LogP contribution in [-0.4, -0.2) is 59.5 Å². The summed E-state index contributed by atoms with van der Waals surface area (Å²) in [4.78, 5) is 28.0. The highest BCUT2D eigenvalue weighted by molar-refractivity contribution is 5.85. The van der Waals surface area contributed by atoms with Gasteiger partial charge in [0, 0.05) is 32.6 Å². The van der Waals surface area contributed by atoms with Crippen LogP contribution in [0, 0.1) is 5.41 Å². The molecule has 1 fully saturated rings. The maximum atomic E-state index is 12.3. The second-order valence-electron chi connectivity index (χ2n) is 5.69. The van der Waals surface area contributed by atoms with Gasteiger partial charge in [-0.05, 0) is 25.8 Å². The van der Waals surface area contributed by atoms with Crippen molar-refractivity contribution in [1.29, 1.82) is 0 Å². The van der Waals surface area contributed by atoms with Gasteiger partial charge in [-0.1, -0.05) is 20.8 Å². The summed E-state index contributed by atoms with van der Waals surface area (Å²) in [6.07, 6.45) is 2.26. The average Bonchev–Trinajstić information content (AvgIpc) is 2.45. The lowest BCUT2D eigenvalue weighted by molar-refractivity contribution is -0.154. The van der Waals surface area contributed by atoms with E-state index in [9.17, 15) is 14.7 Å². The highest BCUT2D eigenvalue weighted by atomic mass is 16.4. The van der Waals surface area contributed by atoms with Crippen LogP contribution in [-0.2, 0) is 9.59 Å². The zero-order chi connectivity index (χ0) is 15.2. The van der Waals surface area contributed by atoms with E-state index in [1.807, 2.05) is 18.7 Å². The lowest BCUT2D eigenvalue weighted by Crippen LogP contribution is -2.50. The molecule has 1 N–H and O–H groups in total. The maximum Gasteiger partial charge on any atom is 0.310 e. The van der Waals surface area contributed by atoms with Crippen LogP contribution < -0.4 is 0 Å². The third kappa shape index (κ3) is 3.95. The van der Waals surface area contributed by atoms with E-state index in [4.69, 9.17) is 0 Å². The van der Waals surface area contributed by atoms with Crippen molar-refractivity contribution in [3.63, 3.8) is 0 Å². The van der Waals surface area contributed by atoms with Gasteiger partial charge in [0.15, 0.2) is 0 Å². The van der Waals surface area contributed by atoms with Crippen LogP contribution in [0.4, 0.5) is 0 Å². The summed E-state index contributed by atoms with van der Waals surface area (Å²) in [6, 6.07) is 0. The van der Waals surface area contributed by atoms with E-state index in [1.54, 1.807) is 0 Å². The largest absolute Gasteiger partial charge is 0.481 e. The molecule has 1 saturated heterocycles. The predicted octanol–water partition coefficient (Wildman–Crippen LogP) is 1.82. The Labute approximate surface area is 121 Å². The molecule has 0 unspecified atom stereocenters. The van der Waals surface area contributed by atoms with E-state index in [2.05, 4.69) is 11.8 Å². The fourth-order valence-corrected chi connectivity index (χ4v) is 2.82. The molecular weight excluding hydrogens is 256 g/mol. The number of carbonyl (C=O) groups excluding carboxylic acids is 1. The molecule has 0 atom stereocenters. The molecule has 1 heterocycles. The molecule has 0 spiro atoms. The topological polar surface area (TPSA) is 60.9 Å². The third-order valence-corrected chi connectivity index (χ3v) is 4.56. The van der Waals surface area contributed by atoms with E-state index < -0.39 is 11.4 Å². The molecule has 5 nitrogen and oxygen atoms in total. The molecule has 0 aliphatic carbocycles. The van der Waals surface area contributed by atoms with Crippen molar-refractivity contribution in [2.75, 3.05) is 32.7 Å². The summed E-state index contributed by atoms with van der Waals surface area (Å²) in [6.45, 7) is 10.2. The summed E-state index contributed by atoms with van der Waals surface area (Å²) in [5, 5.41) is 9.40. The fourth-order valence-electron chi connectivity index (χ4n) is 2.82. The normalized spacial score (nSPS) is 17.2. The predicted molar refractivity (Wildman–Crippen MR) is 78.6 cm³/mol. The van der Waals surface area contributed by atoms with Crippen LogP contribution in [0.25, 0.3) is 0 Å². The van der Waals surface area contributed by atoms with Crippen molar-refractivity contribution in [2.45, 2.75) is 46.5 Å². The van der Waals surface area contributed by atoms with Crippen LogP contribution in [0.1, 0.15) is 46.5 Å². The van der Waals surface area contributed by atoms with Gasteiger partial charge in [0.1, 0.15) is 0 Å². The van der Waals surface area contributed by atoms with Gasteiger partial charge >= 0.3 is 5.97 Å². The van der Waals surface area contributed by atoms with Crippen molar-refractivity contribution in [1.82, 2.24) is 9.80 Å². The molecule has 20 heavy (non-hydrogen) atoms. The summed E-state index contributed by atoms with van der Waals surface area (Å²) >= 11 is 0. The number of carboxylic acids is 1. The van der Waals surface area contributed by atoms with Crippen LogP contribution >= 0.6 is 0 Å². The highest BCUT2D eigenvalue weighted by Crippen LogP contribution is 2.31. The minimum atomic E-state index is -0.891. The number of amides is 1. The summed E-state index contributed by atoms with van der Waals surface area (Å²) in [7, 11) is 0. The molecule has 1 aliphatic heterocycles. The molecule has 0 saturated carbocycles. The Hall–Kier alpha value is -1.10. The number of aliphatic carboxylic acids is 1. The Bertz CT molecular complexity index is 332. The molecule has 0 aromatic rings. The molecule has 0 radical (unpaired) electrons. The van der Waals surface area contributed by atoms with E-state index in [-0.39, 0.29) is 12.3 Å². The van der Waals surface area contributed by atoms with Crippen molar-refractivity contribution in [2.24, 2.45) is 5.41 Å². The van der Waals surface area contributed by atoms with Gasteiger partial charge < -0.3 is 10.0 Å². The summed E-state index contributed by atoms with van der Waals surface area (Å²) < 4.78 is 0. The monoisotopic (exact) mass is 284 g/mol. The van der Waals surface area contributed by atoms with Crippen LogP contribution in [0.5, 0.6) is 0 Å². The van der Waals surface area contributed by atoms with Crippen LogP contribution in [0.3, 0.4) is 0 Å². The van der Waals surface area contributed by atoms with Gasteiger partial charge in [0.25, 0.3) is 0 Å².